The van der Waals surface area contributed by atoms with E-state index < -0.39 is 11.8 Å². The van der Waals surface area contributed by atoms with Gasteiger partial charge in [0.25, 0.3) is 0 Å². The van der Waals surface area contributed by atoms with Gasteiger partial charge in [-0.3, -0.25) is 9.59 Å². The standard InChI is InChI=1S/C16H13Cl2N3O2/c17-12-7-4-8-13(16(12)18)20-14(22)9-15(23)21-19-10-11-5-2-1-3-6-11/h1-8,10H,9H2,(H,20,22)(H,21,23). The summed E-state index contributed by atoms with van der Waals surface area (Å²) in [5.74, 6) is -1.05. The van der Waals surface area contributed by atoms with Crippen molar-refractivity contribution >= 4 is 46.9 Å². The van der Waals surface area contributed by atoms with Gasteiger partial charge in [-0.25, -0.2) is 5.43 Å². The summed E-state index contributed by atoms with van der Waals surface area (Å²) < 4.78 is 0. The van der Waals surface area contributed by atoms with Crippen LogP contribution in [0.1, 0.15) is 12.0 Å². The van der Waals surface area contributed by atoms with E-state index in [1.54, 1.807) is 18.2 Å². The molecule has 0 fully saturated rings. The Bertz CT molecular complexity index is 733. The molecule has 0 spiro atoms. The molecule has 5 nitrogen and oxygen atoms in total. The van der Waals surface area contributed by atoms with E-state index in [-0.39, 0.29) is 11.4 Å². The third-order valence-corrected chi connectivity index (χ3v) is 3.57. The van der Waals surface area contributed by atoms with Crippen LogP contribution in [-0.2, 0) is 9.59 Å². The van der Waals surface area contributed by atoms with Gasteiger partial charge in [0.1, 0.15) is 6.42 Å². The number of anilines is 1. The van der Waals surface area contributed by atoms with Crippen molar-refractivity contribution < 1.29 is 9.59 Å². The fourth-order valence-corrected chi connectivity index (χ4v) is 2.05. The van der Waals surface area contributed by atoms with Crippen LogP contribution in [0.25, 0.3) is 0 Å². The number of hydrogen-bond donors (Lipinski definition) is 2. The maximum atomic E-state index is 11.8. The maximum absolute atomic E-state index is 11.8. The average Bonchev–Trinajstić information content (AvgIpc) is 2.53. The first-order valence-corrected chi connectivity index (χ1v) is 7.42. The van der Waals surface area contributed by atoms with Crippen LogP contribution in [0.15, 0.2) is 53.6 Å². The number of nitrogens with one attached hydrogen (secondary N) is 2. The van der Waals surface area contributed by atoms with Crippen molar-refractivity contribution in [2.24, 2.45) is 5.10 Å². The molecule has 2 aromatic rings. The lowest BCUT2D eigenvalue weighted by Gasteiger charge is -2.07. The fraction of sp³-hybridized carbons (Fsp3) is 0.0625. The van der Waals surface area contributed by atoms with Crippen molar-refractivity contribution in [3.8, 4) is 0 Å². The molecule has 0 aliphatic rings. The average molecular weight is 350 g/mol. The molecule has 0 unspecified atom stereocenters. The monoisotopic (exact) mass is 349 g/mol. The third-order valence-electron chi connectivity index (χ3n) is 2.75. The zero-order valence-electron chi connectivity index (χ0n) is 11.9. The lowest BCUT2D eigenvalue weighted by molar-refractivity contribution is -0.126. The Morgan fingerprint density at radius 1 is 1.00 bits per heavy atom. The van der Waals surface area contributed by atoms with Gasteiger partial charge < -0.3 is 5.32 Å². The normalized spacial score (nSPS) is 10.5. The van der Waals surface area contributed by atoms with E-state index in [9.17, 15) is 9.59 Å². The van der Waals surface area contributed by atoms with Gasteiger partial charge in [0.2, 0.25) is 11.8 Å². The molecule has 2 aromatic carbocycles. The smallest absolute Gasteiger partial charge is 0.249 e. The van der Waals surface area contributed by atoms with Gasteiger partial charge in [-0.05, 0) is 17.7 Å². The lowest BCUT2D eigenvalue weighted by Crippen LogP contribution is -2.24. The first kappa shape index (κ1) is 17.0. The molecule has 0 radical (unpaired) electrons. The van der Waals surface area contributed by atoms with Crippen LogP contribution in [0.2, 0.25) is 10.0 Å². The predicted molar refractivity (Wildman–Crippen MR) is 91.9 cm³/mol. The van der Waals surface area contributed by atoms with Gasteiger partial charge in [0, 0.05) is 0 Å². The molecule has 0 bridgehead atoms. The van der Waals surface area contributed by atoms with Crippen molar-refractivity contribution in [1.82, 2.24) is 5.43 Å². The maximum Gasteiger partial charge on any atom is 0.249 e. The van der Waals surface area contributed by atoms with Crippen LogP contribution in [0.3, 0.4) is 0 Å². The number of hydrogen-bond acceptors (Lipinski definition) is 3. The first-order chi connectivity index (χ1) is 11.1. The molecule has 0 saturated carbocycles. The number of nitrogens with zero attached hydrogens (tertiary/aromatic N) is 1. The second-order valence-electron chi connectivity index (χ2n) is 4.53. The number of benzene rings is 2. The summed E-state index contributed by atoms with van der Waals surface area (Å²) in [7, 11) is 0. The number of carbonyl (C=O) groups excluding carboxylic acids is 2. The minimum absolute atomic E-state index is 0.227. The SMILES string of the molecule is O=C(CC(=O)Nc1cccc(Cl)c1Cl)NN=Cc1ccccc1. The van der Waals surface area contributed by atoms with Gasteiger partial charge in [-0.15, -0.1) is 0 Å². The molecule has 0 aliphatic carbocycles. The zero-order valence-corrected chi connectivity index (χ0v) is 13.4. The molecule has 0 aromatic heterocycles. The van der Waals surface area contributed by atoms with Crippen molar-refractivity contribution in [2.45, 2.75) is 6.42 Å². The highest BCUT2D eigenvalue weighted by Crippen LogP contribution is 2.29. The van der Waals surface area contributed by atoms with Gasteiger partial charge in [0.15, 0.2) is 0 Å². The molecule has 2 amide bonds. The van der Waals surface area contributed by atoms with Crippen molar-refractivity contribution in [3.63, 3.8) is 0 Å². The van der Waals surface area contributed by atoms with Crippen molar-refractivity contribution in [2.75, 3.05) is 5.32 Å². The van der Waals surface area contributed by atoms with E-state index in [4.69, 9.17) is 23.2 Å². The number of carbonyl (C=O) groups is 2. The van der Waals surface area contributed by atoms with E-state index in [0.29, 0.717) is 10.7 Å². The summed E-state index contributed by atoms with van der Waals surface area (Å²) in [4.78, 5) is 23.4. The molecule has 7 heteroatoms. The summed E-state index contributed by atoms with van der Waals surface area (Å²) >= 11 is 11.8. The molecule has 23 heavy (non-hydrogen) atoms. The highest BCUT2D eigenvalue weighted by Gasteiger charge is 2.11. The molecule has 0 aliphatic heterocycles. The molecule has 2 rings (SSSR count). The van der Waals surface area contributed by atoms with Crippen LogP contribution in [0.5, 0.6) is 0 Å². The number of rotatable bonds is 5. The van der Waals surface area contributed by atoms with Gasteiger partial charge in [0.05, 0.1) is 21.9 Å². The topological polar surface area (TPSA) is 70.6 Å². The van der Waals surface area contributed by atoms with E-state index in [2.05, 4.69) is 15.8 Å². The number of halogens is 2. The van der Waals surface area contributed by atoms with Gasteiger partial charge in [-0.1, -0.05) is 59.6 Å². The van der Waals surface area contributed by atoms with Crippen LogP contribution in [-0.4, -0.2) is 18.0 Å². The van der Waals surface area contributed by atoms with E-state index in [1.807, 2.05) is 30.3 Å². The van der Waals surface area contributed by atoms with E-state index in [1.165, 1.54) is 6.21 Å². The quantitative estimate of drug-likeness (QED) is 0.492. The van der Waals surface area contributed by atoms with Crippen LogP contribution < -0.4 is 10.7 Å². The van der Waals surface area contributed by atoms with Crippen molar-refractivity contribution in [1.29, 1.82) is 0 Å². The van der Waals surface area contributed by atoms with Crippen LogP contribution in [0.4, 0.5) is 5.69 Å². The van der Waals surface area contributed by atoms with E-state index >= 15 is 0 Å². The molecular formula is C16H13Cl2N3O2. The Morgan fingerprint density at radius 3 is 2.48 bits per heavy atom. The predicted octanol–water partition coefficient (Wildman–Crippen LogP) is 3.47. The molecule has 0 atom stereocenters. The van der Waals surface area contributed by atoms with Gasteiger partial charge >= 0.3 is 0 Å². The summed E-state index contributed by atoms with van der Waals surface area (Å²) in [6.07, 6.45) is 1.11. The number of hydrazone groups is 1. The third kappa shape index (κ3) is 5.39. The molecule has 118 valence electrons. The minimum atomic E-state index is -0.534. The van der Waals surface area contributed by atoms with Crippen LogP contribution in [0, 0.1) is 0 Å². The summed E-state index contributed by atoms with van der Waals surface area (Å²) in [5, 5.41) is 6.85. The molecule has 0 heterocycles. The second-order valence-corrected chi connectivity index (χ2v) is 5.32. The lowest BCUT2D eigenvalue weighted by atomic mass is 10.2. The summed E-state index contributed by atoms with van der Waals surface area (Å²) in [5.41, 5.74) is 3.47. The Balaban J connectivity index is 1.84. The highest BCUT2D eigenvalue weighted by atomic mass is 35.5. The van der Waals surface area contributed by atoms with Crippen molar-refractivity contribution in [3.05, 3.63) is 64.1 Å². The Morgan fingerprint density at radius 2 is 1.74 bits per heavy atom. The largest absolute Gasteiger partial charge is 0.324 e. The molecule has 0 saturated heterocycles. The minimum Gasteiger partial charge on any atom is -0.324 e. The summed E-state index contributed by atoms with van der Waals surface area (Å²) in [6, 6.07) is 14.1. The highest BCUT2D eigenvalue weighted by molar-refractivity contribution is 6.44. The molecule has 2 N–H and O–H groups in total. The molecular weight excluding hydrogens is 337 g/mol. The fourth-order valence-electron chi connectivity index (χ4n) is 1.70. The summed E-state index contributed by atoms with van der Waals surface area (Å²) in [6.45, 7) is 0. The van der Waals surface area contributed by atoms with E-state index in [0.717, 1.165) is 5.56 Å². The second kappa shape index (κ2) is 8.31. The van der Waals surface area contributed by atoms with Crippen LogP contribution >= 0.6 is 23.2 Å². The van der Waals surface area contributed by atoms with Gasteiger partial charge in [-0.2, -0.15) is 5.10 Å². The Labute approximate surface area is 143 Å². The Hall–Kier alpha value is -2.37. The number of amides is 2. The first-order valence-electron chi connectivity index (χ1n) is 6.67. The Kier molecular flexibility index (Phi) is 6.14. The zero-order chi connectivity index (χ0) is 16.7.